The highest BCUT2D eigenvalue weighted by atomic mass is 19.1. The SMILES string of the molecule is CC1CCC(N2CCC3(C2)C(=O)N(Cc2ccc(-c4cnn(C)c4)cc2F)c2ccccc23)CC1.CC1CCCC1N1CCC2(C1)C(=O)N(Cc1ccc(-c3cnn(C)c3)cc1F)c1ccccc12. The number of hydrogen-bond donors (Lipinski definition) is 0. The van der Waals surface area contributed by atoms with Crippen LogP contribution in [0.25, 0.3) is 22.3 Å². The van der Waals surface area contributed by atoms with E-state index in [0.717, 1.165) is 89.7 Å². The summed E-state index contributed by atoms with van der Waals surface area (Å²) >= 11 is 0. The Labute approximate surface area is 404 Å². The van der Waals surface area contributed by atoms with Crippen LogP contribution in [0.3, 0.4) is 0 Å². The zero-order valence-corrected chi connectivity index (χ0v) is 40.5. The first-order valence-electron chi connectivity index (χ1n) is 25.3. The van der Waals surface area contributed by atoms with E-state index in [1.807, 2.05) is 90.9 Å². The summed E-state index contributed by atoms with van der Waals surface area (Å²) in [5.74, 6) is 1.16. The van der Waals surface area contributed by atoms with Crippen LogP contribution in [0.5, 0.6) is 0 Å². The van der Waals surface area contributed by atoms with E-state index in [4.69, 9.17) is 0 Å². The van der Waals surface area contributed by atoms with Crippen LogP contribution in [-0.2, 0) is 47.6 Å². The molecule has 4 fully saturated rings. The van der Waals surface area contributed by atoms with E-state index in [-0.39, 0.29) is 36.5 Å². The third kappa shape index (κ3) is 8.11. The van der Waals surface area contributed by atoms with Crippen molar-refractivity contribution in [3.05, 3.63) is 144 Å². The number of amides is 2. The Morgan fingerprint density at radius 1 is 0.594 bits per heavy atom. The van der Waals surface area contributed by atoms with Gasteiger partial charge < -0.3 is 9.80 Å². The molecule has 69 heavy (non-hydrogen) atoms. The molecule has 2 saturated heterocycles. The minimum absolute atomic E-state index is 0.123. The maximum Gasteiger partial charge on any atom is 0.239 e. The highest BCUT2D eigenvalue weighted by Gasteiger charge is 2.57. The van der Waals surface area contributed by atoms with Crippen LogP contribution in [0.1, 0.15) is 93.9 Å². The van der Waals surface area contributed by atoms with Gasteiger partial charge in [-0.05, 0) is 123 Å². The van der Waals surface area contributed by atoms with Crippen LogP contribution < -0.4 is 9.80 Å². The summed E-state index contributed by atoms with van der Waals surface area (Å²) < 4.78 is 33.8. The molecule has 2 aromatic heterocycles. The average Bonchev–Trinajstić information content (AvgIpc) is 4.25. The first-order valence-corrected chi connectivity index (χ1v) is 25.3. The molecule has 6 aromatic rings. The van der Waals surface area contributed by atoms with E-state index in [0.29, 0.717) is 29.1 Å². The minimum atomic E-state index is -0.509. The Hall–Kier alpha value is -5.98. The summed E-state index contributed by atoms with van der Waals surface area (Å²) in [6, 6.07) is 28.0. The second-order valence-electron chi connectivity index (χ2n) is 21.2. The number of aryl methyl sites for hydroxylation is 2. The quantitative estimate of drug-likeness (QED) is 0.151. The Morgan fingerprint density at radius 3 is 1.55 bits per heavy atom. The second kappa shape index (κ2) is 18.1. The van der Waals surface area contributed by atoms with E-state index in [2.05, 4.69) is 46.0 Å². The minimum Gasteiger partial charge on any atom is -0.307 e. The number of carbonyl (C=O) groups is 2. The fourth-order valence-electron chi connectivity index (χ4n) is 13.0. The van der Waals surface area contributed by atoms with Crippen molar-refractivity contribution in [2.24, 2.45) is 25.9 Å². The highest BCUT2D eigenvalue weighted by molar-refractivity contribution is 6.09. The molecule has 6 aliphatic rings. The maximum atomic E-state index is 15.2. The first-order chi connectivity index (χ1) is 33.4. The number of carbonyl (C=O) groups excluding carboxylic acids is 2. The van der Waals surface area contributed by atoms with Gasteiger partial charge in [-0.2, -0.15) is 10.2 Å². The van der Waals surface area contributed by atoms with E-state index in [1.165, 1.54) is 44.9 Å². The zero-order valence-electron chi connectivity index (χ0n) is 40.5. The molecule has 2 aliphatic carbocycles. The van der Waals surface area contributed by atoms with Crippen molar-refractivity contribution < 1.29 is 18.4 Å². The molecule has 2 spiro atoms. The fourth-order valence-corrected chi connectivity index (χ4v) is 13.0. The van der Waals surface area contributed by atoms with Crippen molar-refractivity contribution in [1.82, 2.24) is 29.4 Å². The van der Waals surface area contributed by atoms with Crippen molar-refractivity contribution in [2.45, 2.75) is 108 Å². The monoisotopic (exact) mass is 931 g/mol. The molecule has 0 N–H and O–H groups in total. The smallest absolute Gasteiger partial charge is 0.239 e. The van der Waals surface area contributed by atoms with Crippen LogP contribution in [0, 0.1) is 23.5 Å². The number of aromatic nitrogens is 4. The average molecular weight is 931 g/mol. The normalized spacial score (nSPS) is 26.6. The molecule has 4 aromatic carbocycles. The molecule has 10 nitrogen and oxygen atoms in total. The molecule has 12 heteroatoms. The zero-order chi connectivity index (χ0) is 47.6. The van der Waals surface area contributed by atoms with Crippen molar-refractivity contribution >= 4 is 23.2 Å². The van der Waals surface area contributed by atoms with E-state index in [9.17, 15) is 9.59 Å². The molecule has 0 radical (unpaired) electrons. The number of fused-ring (bicyclic) bond motifs is 4. The van der Waals surface area contributed by atoms with Crippen LogP contribution in [0.2, 0.25) is 0 Å². The van der Waals surface area contributed by atoms with Gasteiger partial charge >= 0.3 is 0 Å². The summed E-state index contributed by atoms with van der Waals surface area (Å²) in [7, 11) is 3.69. The molecule has 12 rings (SSSR count). The molecule has 358 valence electrons. The fraction of sp³-hybridized carbons (Fsp3) is 0.439. The number of halogens is 2. The number of hydrogen-bond acceptors (Lipinski definition) is 6. The number of rotatable bonds is 8. The molecular weight excluding hydrogens is 867 g/mol. The van der Waals surface area contributed by atoms with Crippen LogP contribution in [0.15, 0.2) is 110 Å². The van der Waals surface area contributed by atoms with Gasteiger partial charge in [0.05, 0.1) is 36.3 Å². The van der Waals surface area contributed by atoms with Gasteiger partial charge in [0.15, 0.2) is 0 Å². The van der Waals surface area contributed by atoms with Gasteiger partial charge in [-0.15, -0.1) is 0 Å². The lowest BCUT2D eigenvalue weighted by molar-refractivity contribution is -0.123. The third-order valence-corrected chi connectivity index (χ3v) is 17.0. The Bertz CT molecular complexity index is 2900. The van der Waals surface area contributed by atoms with Gasteiger partial charge in [0, 0.05) is 85.3 Å². The lowest BCUT2D eigenvalue weighted by atomic mass is 9.80. The van der Waals surface area contributed by atoms with Crippen molar-refractivity contribution in [3.8, 4) is 22.3 Å². The molecule has 4 atom stereocenters. The van der Waals surface area contributed by atoms with E-state index >= 15 is 8.78 Å². The van der Waals surface area contributed by atoms with Gasteiger partial charge in [0.1, 0.15) is 11.6 Å². The van der Waals surface area contributed by atoms with E-state index < -0.39 is 10.8 Å². The number of anilines is 2. The van der Waals surface area contributed by atoms with Crippen LogP contribution in [-0.4, -0.2) is 79.4 Å². The highest BCUT2D eigenvalue weighted by Crippen LogP contribution is 2.51. The molecular formula is C57H64F2N8O2. The van der Waals surface area contributed by atoms with Gasteiger partial charge in [-0.25, -0.2) is 8.78 Å². The molecule has 2 amide bonds. The van der Waals surface area contributed by atoms with Gasteiger partial charge in [-0.3, -0.25) is 28.8 Å². The Morgan fingerprint density at radius 2 is 1.09 bits per heavy atom. The lowest BCUT2D eigenvalue weighted by Crippen LogP contribution is -2.44. The summed E-state index contributed by atoms with van der Waals surface area (Å²) in [5.41, 5.74) is 7.48. The van der Waals surface area contributed by atoms with Gasteiger partial charge in [0.2, 0.25) is 11.8 Å². The summed E-state index contributed by atoms with van der Waals surface area (Å²) in [4.78, 5) is 36.8. The Balaban J connectivity index is 0.000000151. The number of nitrogens with zero attached hydrogens (tertiary/aromatic N) is 8. The Kier molecular flexibility index (Phi) is 11.9. The van der Waals surface area contributed by atoms with Crippen molar-refractivity contribution in [2.75, 3.05) is 36.0 Å². The molecule has 6 heterocycles. The first kappa shape index (κ1) is 45.5. The van der Waals surface area contributed by atoms with Crippen molar-refractivity contribution in [3.63, 3.8) is 0 Å². The molecule has 4 unspecified atom stereocenters. The van der Waals surface area contributed by atoms with Crippen LogP contribution >= 0.6 is 0 Å². The second-order valence-corrected chi connectivity index (χ2v) is 21.2. The standard InChI is InChI=1S/C29H33FN4O.C28H31FN4O/c1-20-7-11-24(12-8-20)33-14-13-29(19-33)25-5-3-4-6-27(25)34(28(29)35)18-22-10-9-21(15-26(22)30)23-16-31-32(2)17-23;1-19-6-5-9-25(19)32-13-12-28(18-32)23-7-3-4-8-26(23)33(27(28)34)17-21-11-10-20(14-24(21)29)22-15-30-31(2)16-22/h3-6,9-10,15-17,20,24H,7-8,11-14,18-19H2,1-2H3;3-4,7-8,10-11,14-16,19,25H,5-6,9,12-13,17-18H2,1-2H3. The largest absolute Gasteiger partial charge is 0.307 e. The predicted molar refractivity (Wildman–Crippen MR) is 266 cm³/mol. The number of likely N-dealkylation sites (tertiary alicyclic amines) is 2. The van der Waals surface area contributed by atoms with Gasteiger partial charge in [-0.1, -0.05) is 80.9 Å². The molecule has 0 bridgehead atoms. The molecule has 2 saturated carbocycles. The third-order valence-electron chi connectivity index (χ3n) is 17.0. The van der Waals surface area contributed by atoms with Gasteiger partial charge in [0.25, 0.3) is 0 Å². The number of para-hydroxylation sites is 2. The number of benzene rings is 4. The summed E-state index contributed by atoms with van der Waals surface area (Å²) in [6.45, 7) is 8.65. The van der Waals surface area contributed by atoms with Crippen LogP contribution in [0.4, 0.5) is 20.2 Å². The summed E-state index contributed by atoms with van der Waals surface area (Å²) in [6.07, 6.45) is 17.7. The topological polar surface area (TPSA) is 82.7 Å². The summed E-state index contributed by atoms with van der Waals surface area (Å²) in [5, 5.41) is 8.37. The van der Waals surface area contributed by atoms with E-state index in [1.54, 1.807) is 40.0 Å². The lowest BCUT2D eigenvalue weighted by Gasteiger charge is -2.34. The predicted octanol–water partition coefficient (Wildman–Crippen LogP) is 10.2. The van der Waals surface area contributed by atoms with Crippen molar-refractivity contribution in [1.29, 1.82) is 0 Å². The maximum absolute atomic E-state index is 15.2. The molecule has 4 aliphatic heterocycles.